The van der Waals surface area contributed by atoms with Gasteiger partial charge in [0.15, 0.2) is 0 Å². The number of rotatable bonds is 6. The van der Waals surface area contributed by atoms with E-state index in [4.69, 9.17) is 67.6 Å². The van der Waals surface area contributed by atoms with Crippen molar-refractivity contribution >= 4 is 64.0 Å². The van der Waals surface area contributed by atoms with Crippen LogP contribution in [0.5, 0.6) is 0 Å². The molecule has 1 aromatic carbocycles. The van der Waals surface area contributed by atoms with Gasteiger partial charge in [-0.15, -0.1) is 0 Å². The summed E-state index contributed by atoms with van der Waals surface area (Å²) in [5.41, 5.74) is 3.46. The summed E-state index contributed by atoms with van der Waals surface area (Å²) in [5, 5.41) is 0.361. The van der Waals surface area contributed by atoms with Crippen molar-refractivity contribution in [3.63, 3.8) is 0 Å². The number of nitrogens with one attached hydrogen (secondary N) is 1. The molecule has 2 aliphatic rings. The van der Waals surface area contributed by atoms with Crippen molar-refractivity contribution < 1.29 is 14.4 Å². The van der Waals surface area contributed by atoms with E-state index >= 15 is 0 Å². The third kappa shape index (κ3) is 4.53. The number of hydroxylamine groups is 1. The molecule has 0 unspecified atom stereocenters. The molecule has 9 heteroatoms. The zero-order chi connectivity index (χ0) is 20.7. The largest absolute Gasteiger partial charge is 0.424 e. The molecule has 0 spiro atoms. The fraction of sp³-hybridized carbons (Fsp3) is 0.526. The Labute approximate surface area is 189 Å². The number of ether oxygens (including phenoxy) is 1. The summed E-state index contributed by atoms with van der Waals surface area (Å²) in [7, 11) is 0. The van der Waals surface area contributed by atoms with E-state index in [1.807, 2.05) is 13.8 Å². The molecule has 2 fully saturated rings. The van der Waals surface area contributed by atoms with Crippen LogP contribution < -0.4 is 5.48 Å². The predicted octanol–water partition coefficient (Wildman–Crippen LogP) is 6.78. The van der Waals surface area contributed by atoms with Gasteiger partial charge < -0.3 is 4.74 Å². The van der Waals surface area contributed by atoms with Gasteiger partial charge in [0.2, 0.25) is 0 Å². The minimum Gasteiger partial charge on any atom is -0.424 e. The SMILES string of the molecule is CC1(C)C(=CNOC2CCCC2)[C@H]1C(=O)OC(Cl)(Cl)c1ccc(Cl)c(Cl)c1Cl. The number of alkyl halides is 2. The summed E-state index contributed by atoms with van der Waals surface area (Å²) >= 11 is 30.6. The van der Waals surface area contributed by atoms with Crippen LogP contribution in [0.3, 0.4) is 0 Å². The standard InChI is InChI=1S/C19H20Cl5NO3/c1-18(2)12(9-25-28-10-5-3-4-6-10)14(18)17(26)27-19(23,24)11-7-8-13(20)16(22)15(11)21/h7-10,14,25H,3-6H2,1-2H3/t14-/m0/s1. The first-order chi connectivity index (χ1) is 13.1. The van der Waals surface area contributed by atoms with Crippen LogP contribution in [0, 0.1) is 11.3 Å². The highest BCUT2D eigenvalue weighted by atomic mass is 35.5. The second kappa shape index (κ2) is 8.41. The van der Waals surface area contributed by atoms with Crippen LogP contribution in [-0.2, 0) is 18.9 Å². The molecule has 2 saturated carbocycles. The quantitative estimate of drug-likeness (QED) is 0.208. The van der Waals surface area contributed by atoms with Crippen LogP contribution in [0.1, 0.15) is 45.1 Å². The molecule has 0 aliphatic heterocycles. The van der Waals surface area contributed by atoms with Crippen molar-refractivity contribution in [1.29, 1.82) is 0 Å². The highest BCUT2D eigenvalue weighted by Gasteiger charge is 2.59. The Kier molecular flexibility index (Phi) is 6.70. The second-order valence-corrected chi connectivity index (χ2v) is 9.98. The number of carbonyl (C=O) groups is 1. The molecule has 0 saturated heterocycles. The van der Waals surface area contributed by atoms with Gasteiger partial charge in [0.25, 0.3) is 4.52 Å². The third-order valence-corrected chi connectivity index (χ3v) is 7.11. The van der Waals surface area contributed by atoms with Crippen molar-refractivity contribution in [2.45, 2.75) is 50.2 Å². The van der Waals surface area contributed by atoms with Crippen molar-refractivity contribution in [3.05, 3.63) is 44.5 Å². The normalized spacial score (nSPS) is 23.1. The van der Waals surface area contributed by atoms with Gasteiger partial charge in [-0.3, -0.25) is 15.1 Å². The molecule has 0 heterocycles. The zero-order valence-electron chi connectivity index (χ0n) is 15.3. The first-order valence-electron chi connectivity index (χ1n) is 8.92. The van der Waals surface area contributed by atoms with E-state index in [1.165, 1.54) is 25.0 Å². The fourth-order valence-electron chi connectivity index (χ4n) is 3.46. The molecular weight excluding hydrogens is 467 g/mol. The Morgan fingerprint density at radius 2 is 1.82 bits per heavy atom. The summed E-state index contributed by atoms with van der Waals surface area (Å²) in [5.74, 6) is -1.06. The van der Waals surface area contributed by atoms with Gasteiger partial charge in [-0.25, -0.2) is 0 Å². The maximum atomic E-state index is 12.7. The van der Waals surface area contributed by atoms with E-state index in [0.717, 1.165) is 18.4 Å². The van der Waals surface area contributed by atoms with Crippen LogP contribution in [0.2, 0.25) is 15.1 Å². The van der Waals surface area contributed by atoms with Gasteiger partial charge in [0, 0.05) is 17.2 Å². The molecule has 1 N–H and O–H groups in total. The monoisotopic (exact) mass is 485 g/mol. The molecule has 0 bridgehead atoms. The lowest BCUT2D eigenvalue weighted by Crippen LogP contribution is -2.23. The number of halogens is 5. The van der Waals surface area contributed by atoms with E-state index in [-0.39, 0.29) is 26.7 Å². The molecule has 4 nitrogen and oxygen atoms in total. The van der Waals surface area contributed by atoms with Crippen LogP contribution in [0.4, 0.5) is 0 Å². The topological polar surface area (TPSA) is 47.6 Å². The van der Waals surface area contributed by atoms with Gasteiger partial charge in [0.05, 0.1) is 27.1 Å². The van der Waals surface area contributed by atoms with E-state index in [9.17, 15) is 4.79 Å². The maximum absolute atomic E-state index is 12.7. The van der Waals surface area contributed by atoms with Gasteiger partial charge in [0.1, 0.15) is 0 Å². The number of hydrogen-bond acceptors (Lipinski definition) is 4. The van der Waals surface area contributed by atoms with Crippen molar-refractivity contribution in [2.24, 2.45) is 11.3 Å². The second-order valence-electron chi connectivity index (χ2n) is 7.56. The van der Waals surface area contributed by atoms with E-state index in [1.54, 1.807) is 6.20 Å². The number of carbonyl (C=O) groups excluding carboxylic acids is 1. The van der Waals surface area contributed by atoms with Crippen LogP contribution in [0.15, 0.2) is 23.9 Å². The zero-order valence-corrected chi connectivity index (χ0v) is 19.1. The predicted molar refractivity (Wildman–Crippen MR) is 113 cm³/mol. The molecule has 154 valence electrons. The molecular formula is C19H20Cl5NO3. The van der Waals surface area contributed by atoms with Crippen molar-refractivity contribution in [3.8, 4) is 0 Å². The summed E-state index contributed by atoms with van der Waals surface area (Å²) < 4.78 is 3.37. The molecule has 0 amide bonds. The van der Waals surface area contributed by atoms with Crippen molar-refractivity contribution in [1.82, 2.24) is 5.48 Å². The highest BCUT2D eigenvalue weighted by Crippen LogP contribution is 2.59. The third-order valence-electron chi connectivity index (χ3n) is 5.26. The van der Waals surface area contributed by atoms with Gasteiger partial charge in [-0.1, -0.05) is 84.7 Å². The molecule has 1 atom stereocenters. The minimum absolute atomic E-state index is 0.0319. The number of esters is 1. The van der Waals surface area contributed by atoms with Crippen LogP contribution in [-0.4, -0.2) is 12.1 Å². The minimum atomic E-state index is -2.00. The van der Waals surface area contributed by atoms with Crippen LogP contribution in [0.25, 0.3) is 0 Å². The maximum Gasteiger partial charge on any atom is 0.316 e. The Hall–Kier alpha value is -0.360. The van der Waals surface area contributed by atoms with Gasteiger partial charge in [-0.2, -0.15) is 0 Å². The first kappa shape index (κ1) is 22.3. The van der Waals surface area contributed by atoms with Gasteiger partial charge in [-0.05, 0) is 30.5 Å². The molecule has 2 aliphatic carbocycles. The summed E-state index contributed by atoms with van der Waals surface area (Å²) in [6, 6.07) is 2.95. The Morgan fingerprint density at radius 1 is 1.18 bits per heavy atom. The Balaban J connectivity index is 1.67. The van der Waals surface area contributed by atoms with Crippen LogP contribution >= 0.6 is 58.0 Å². The summed E-state index contributed by atoms with van der Waals surface area (Å²) in [4.78, 5) is 18.3. The Bertz CT molecular complexity index is 803. The summed E-state index contributed by atoms with van der Waals surface area (Å²) in [6.07, 6.45) is 6.34. The summed E-state index contributed by atoms with van der Waals surface area (Å²) in [6.45, 7) is 3.86. The Morgan fingerprint density at radius 3 is 2.46 bits per heavy atom. The van der Waals surface area contributed by atoms with E-state index in [0.29, 0.717) is 0 Å². The number of benzene rings is 1. The smallest absolute Gasteiger partial charge is 0.316 e. The highest BCUT2D eigenvalue weighted by molar-refractivity contribution is 6.51. The lowest BCUT2D eigenvalue weighted by Gasteiger charge is -2.22. The molecule has 28 heavy (non-hydrogen) atoms. The average molecular weight is 488 g/mol. The molecule has 0 aromatic heterocycles. The average Bonchev–Trinajstić information content (AvgIpc) is 2.95. The molecule has 1 aromatic rings. The molecule has 0 radical (unpaired) electrons. The fourth-order valence-corrected chi connectivity index (χ4v) is 4.69. The van der Waals surface area contributed by atoms with Crippen molar-refractivity contribution in [2.75, 3.05) is 0 Å². The lowest BCUT2D eigenvalue weighted by atomic mass is 10.1. The van der Waals surface area contributed by atoms with E-state index < -0.39 is 21.8 Å². The van der Waals surface area contributed by atoms with Gasteiger partial charge >= 0.3 is 5.97 Å². The first-order valence-corrected chi connectivity index (χ1v) is 10.8. The van der Waals surface area contributed by atoms with E-state index in [2.05, 4.69) is 5.48 Å². The number of hydrogen-bond donors (Lipinski definition) is 1. The lowest BCUT2D eigenvalue weighted by molar-refractivity contribution is -0.150. The molecule has 3 rings (SSSR count).